The summed E-state index contributed by atoms with van der Waals surface area (Å²) < 4.78 is 50.4. The van der Waals surface area contributed by atoms with Crippen LogP contribution in [0.4, 0.5) is 9.59 Å². The maximum Gasteiger partial charge on any atom is 0.414 e. The van der Waals surface area contributed by atoms with E-state index in [1.54, 1.807) is 48.7 Å². The average molecular weight is 637 g/mol. The van der Waals surface area contributed by atoms with Gasteiger partial charge in [0.15, 0.2) is 6.10 Å². The topological polar surface area (TPSA) is 191 Å². The summed E-state index contributed by atoms with van der Waals surface area (Å²) in [5, 5.41) is 14.5. The predicted molar refractivity (Wildman–Crippen MR) is 161 cm³/mol. The van der Waals surface area contributed by atoms with Gasteiger partial charge in [0.1, 0.15) is 11.2 Å². The number of amides is 2. The van der Waals surface area contributed by atoms with Gasteiger partial charge in [0.2, 0.25) is 16.0 Å². The van der Waals surface area contributed by atoms with E-state index in [1.807, 2.05) is 20.8 Å². The number of nitrogens with zero attached hydrogens (tertiary/aromatic N) is 1. The number of esters is 1. The third-order valence-corrected chi connectivity index (χ3v) is 9.18. The average Bonchev–Trinajstić information content (AvgIpc) is 2.84. The maximum atomic E-state index is 13.6. The van der Waals surface area contributed by atoms with Gasteiger partial charge in [0.25, 0.3) is 0 Å². The first-order chi connectivity index (χ1) is 19.6. The number of hydrogen-bond acceptors (Lipinski definition) is 11. The number of aliphatic hydroxyl groups is 1. The molecule has 0 saturated heterocycles. The van der Waals surface area contributed by atoms with E-state index >= 15 is 0 Å². The van der Waals surface area contributed by atoms with Gasteiger partial charge in [-0.3, -0.25) is 15.0 Å². The number of guanidine groups is 1. The molecule has 1 fully saturated rings. The molecule has 1 aliphatic rings. The van der Waals surface area contributed by atoms with E-state index in [4.69, 9.17) is 14.2 Å². The van der Waals surface area contributed by atoms with Gasteiger partial charge in [-0.15, -0.1) is 0 Å². The Bertz CT molecular complexity index is 1080. The van der Waals surface area contributed by atoms with E-state index < -0.39 is 56.8 Å². The van der Waals surface area contributed by atoms with Gasteiger partial charge in [0, 0.05) is 13.7 Å². The zero-order chi connectivity index (χ0) is 33.3. The molecular formula is C28H52N4O10S. The van der Waals surface area contributed by atoms with Crippen molar-refractivity contribution in [1.82, 2.24) is 15.4 Å². The smallest absolute Gasteiger partial charge is 0.414 e. The highest BCUT2D eigenvalue weighted by Gasteiger charge is 2.45. The van der Waals surface area contributed by atoms with Crippen LogP contribution in [0.15, 0.2) is 4.99 Å². The molecule has 14 nitrogen and oxygen atoms in total. The Morgan fingerprint density at radius 1 is 0.953 bits per heavy atom. The van der Waals surface area contributed by atoms with Crippen molar-refractivity contribution in [3.63, 3.8) is 0 Å². The Kier molecular flexibility index (Phi) is 14.2. The third-order valence-electron chi connectivity index (χ3n) is 7.09. The zero-order valence-corrected chi connectivity index (χ0v) is 28.2. The summed E-state index contributed by atoms with van der Waals surface area (Å²) >= 11 is 0. The predicted octanol–water partition coefficient (Wildman–Crippen LogP) is 2.69. The number of methoxy groups -OCH3 is 2. The molecule has 0 bridgehead atoms. The first-order valence-corrected chi connectivity index (χ1v) is 16.0. The first-order valence-electron chi connectivity index (χ1n) is 14.5. The largest absolute Gasteiger partial charge is 0.467 e. The molecule has 0 spiro atoms. The molecule has 1 saturated carbocycles. The van der Waals surface area contributed by atoms with E-state index in [0.717, 1.165) is 7.11 Å². The van der Waals surface area contributed by atoms with Crippen molar-refractivity contribution in [1.29, 1.82) is 0 Å². The molecule has 250 valence electrons. The van der Waals surface area contributed by atoms with Crippen molar-refractivity contribution in [3.05, 3.63) is 0 Å². The van der Waals surface area contributed by atoms with Crippen LogP contribution >= 0.6 is 0 Å². The number of sulfonamides is 1. The fraction of sp³-hybridized carbons (Fsp3) is 0.857. The molecule has 0 heterocycles. The van der Waals surface area contributed by atoms with Crippen molar-refractivity contribution >= 4 is 34.1 Å². The number of rotatable bonds is 10. The van der Waals surface area contributed by atoms with E-state index in [1.165, 1.54) is 0 Å². The van der Waals surface area contributed by atoms with E-state index in [9.17, 15) is 27.9 Å². The second-order valence-electron chi connectivity index (χ2n) is 13.0. The van der Waals surface area contributed by atoms with Crippen molar-refractivity contribution in [3.8, 4) is 0 Å². The van der Waals surface area contributed by atoms with Crippen molar-refractivity contribution in [2.45, 2.75) is 116 Å². The van der Waals surface area contributed by atoms with Crippen LogP contribution in [0.5, 0.6) is 0 Å². The molecule has 1 rings (SSSR count). The minimum absolute atomic E-state index is 0.0300. The number of carbonyl (C=O) groups excluding carboxylic acids is 3. The fourth-order valence-corrected chi connectivity index (χ4v) is 7.08. The molecule has 0 aromatic carbocycles. The molecule has 0 aromatic rings. The van der Waals surface area contributed by atoms with Gasteiger partial charge in [-0.2, -0.15) is 0 Å². The normalized spacial score (nSPS) is 24.7. The summed E-state index contributed by atoms with van der Waals surface area (Å²) in [6, 6.07) is -1.09. The third kappa shape index (κ3) is 12.9. The monoisotopic (exact) mass is 636 g/mol. The zero-order valence-electron chi connectivity index (χ0n) is 27.3. The minimum atomic E-state index is -4.03. The Hall–Kier alpha value is -2.65. The highest BCUT2D eigenvalue weighted by Crippen LogP contribution is 2.38. The molecule has 2 amide bonds. The lowest BCUT2D eigenvalue weighted by Gasteiger charge is -2.42. The Morgan fingerprint density at radius 2 is 1.51 bits per heavy atom. The summed E-state index contributed by atoms with van der Waals surface area (Å²) in [7, 11) is -1.32. The SMILES string of the molecule is COC(=O)C(O)[C@H](CCCN=C(NC(=O)OC(C)(C)C)NS(=O)(=O)C1C(C)CC(OC)C(C)C1C)NC(=O)OC(C)(C)C. The van der Waals surface area contributed by atoms with Gasteiger partial charge >= 0.3 is 18.2 Å². The summed E-state index contributed by atoms with van der Waals surface area (Å²) in [6.45, 7) is 15.6. The van der Waals surface area contributed by atoms with Gasteiger partial charge in [0.05, 0.1) is 24.5 Å². The first kappa shape index (κ1) is 38.4. The molecule has 6 unspecified atom stereocenters. The van der Waals surface area contributed by atoms with E-state index in [0.29, 0.717) is 6.42 Å². The fourth-order valence-electron chi connectivity index (χ4n) is 5.03. The Labute approximate surface area is 256 Å². The second kappa shape index (κ2) is 15.9. The lowest BCUT2D eigenvalue weighted by Crippen LogP contribution is -2.54. The van der Waals surface area contributed by atoms with Gasteiger partial charge < -0.3 is 29.4 Å². The van der Waals surface area contributed by atoms with Gasteiger partial charge in [-0.25, -0.2) is 22.8 Å². The quantitative estimate of drug-likeness (QED) is 0.0912. The lowest BCUT2D eigenvalue weighted by molar-refractivity contribution is -0.152. The summed E-state index contributed by atoms with van der Waals surface area (Å²) in [5.41, 5.74) is -1.67. The van der Waals surface area contributed by atoms with E-state index in [2.05, 4.69) is 25.1 Å². The highest BCUT2D eigenvalue weighted by atomic mass is 32.2. The molecule has 0 radical (unpaired) electrons. The number of aliphatic hydroxyl groups excluding tert-OH is 1. The van der Waals surface area contributed by atoms with Crippen LogP contribution < -0.4 is 15.4 Å². The summed E-state index contributed by atoms with van der Waals surface area (Å²) in [4.78, 5) is 41.1. The molecule has 7 atom stereocenters. The molecule has 1 aliphatic carbocycles. The van der Waals surface area contributed by atoms with Crippen LogP contribution in [0, 0.1) is 17.8 Å². The number of carbonyl (C=O) groups is 3. The standard InChI is InChI=1S/C28H52N4O10S/c1-16-15-20(39-10)17(2)18(3)22(16)43(37,38)32-24(31-26(36)42-28(7,8)9)29-14-12-13-19(21(33)23(34)40-11)30-25(35)41-27(4,5)6/h16-22,33H,12-15H2,1-11H3,(H,30,35)(H2,29,31,32,36)/t16?,17?,18?,19-,20?,21?,22?/m0/s1. The lowest BCUT2D eigenvalue weighted by atomic mass is 9.74. The van der Waals surface area contributed by atoms with Gasteiger partial charge in [-0.05, 0) is 78.6 Å². The molecule has 0 aromatic heterocycles. The minimum Gasteiger partial charge on any atom is -0.467 e. The number of nitrogens with one attached hydrogen (secondary N) is 3. The van der Waals surface area contributed by atoms with Crippen LogP contribution in [0.3, 0.4) is 0 Å². The molecule has 4 N–H and O–H groups in total. The number of aliphatic imine (C=N–C) groups is 1. The van der Waals surface area contributed by atoms with Crippen molar-refractivity contribution in [2.24, 2.45) is 22.7 Å². The molecule has 0 aliphatic heterocycles. The summed E-state index contributed by atoms with van der Waals surface area (Å²) in [5.74, 6) is -1.81. The molecular weight excluding hydrogens is 584 g/mol. The molecule has 43 heavy (non-hydrogen) atoms. The summed E-state index contributed by atoms with van der Waals surface area (Å²) in [6.07, 6.45) is -2.76. The van der Waals surface area contributed by atoms with Crippen LogP contribution in [-0.2, 0) is 33.8 Å². The Morgan fingerprint density at radius 3 is 2.02 bits per heavy atom. The second-order valence-corrected chi connectivity index (χ2v) is 14.9. The Balaban J connectivity index is 3.16. The van der Waals surface area contributed by atoms with Crippen LogP contribution in [0.25, 0.3) is 0 Å². The van der Waals surface area contributed by atoms with Crippen molar-refractivity contribution < 1.29 is 46.9 Å². The molecule has 15 heteroatoms. The van der Waals surface area contributed by atoms with Gasteiger partial charge in [-0.1, -0.05) is 20.8 Å². The van der Waals surface area contributed by atoms with Crippen LogP contribution in [0.2, 0.25) is 0 Å². The van der Waals surface area contributed by atoms with Crippen LogP contribution in [-0.4, -0.2) is 93.1 Å². The van der Waals surface area contributed by atoms with E-state index in [-0.39, 0.29) is 49.2 Å². The number of hydrogen-bond donors (Lipinski definition) is 4. The number of alkyl carbamates (subject to hydrolysis) is 2. The highest BCUT2D eigenvalue weighted by molar-refractivity contribution is 7.90. The maximum absolute atomic E-state index is 13.6. The number of ether oxygens (including phenoxy) is 4. The van der Waals surface area contributed by atoms with Crippen LogP contribution in [0.1, 0.15) is 81.6 Å². The van der Waals surface area contributed by atoms with Crippen molar-refractivity contribution in [2.75, 3.05) is 20.8 Å².